The lowest BCUT2D eigenvalue weighted by molar-refractivity contribution is 0.586. The van der Waals surface area contributed by atoms with Crippen LogP contribution in [0.5, 0.6) is 0 Å². The molecule has 0 aliphatic heterocycles. The van der Waals surface area contributed by atoms with Crippen LogP contribution in [0.15, 0.2) is 48.7 Å². The Morgan fingerprint density at radius 2 is 1.80 bits per heavy atom. The number of hydrogen-bond donors (Lipinski definition) is 1. The first kappa shape index (κ1) is 9.80. The number of halogens is 1. The molecule has 2 nitrogen and oxygen atoms in total. The van der Waals surface area contributed by atoms with E-state index in [-0.39, 0.29) is 11.5 Å². The van der Waals surface area contributed by atoms with Crippen LogP contribution in [0, 0.1) is 5.82 Å². The van der Waals surface area contributed by atoms with Gasteiger partial charge in [0.1, 0.15) is 5.82 Å². The van der Waals surface area contributed by atoms with Gasteiger partial charge in [0.15, 0.2) is 0 Å². The maximum Gasteiger partial charge on any atom is 0.146 e. The van der Waals surface area contributed by atoms with Gasteiger partial charge in [0, 0.05) is 6.20 Å². The fourth-order valence-corrected chi connectivity index (χ4v) is 1.44. The molecule has 2 N–H and O–H groups in total. The third kappa shape index (κ3) is 2.02. The van der Waals surface area contributed by atoms with Gasteiger partial charge < -0.3 is 5.73 Å². The van der Waals surface area contributed by atoms with Crippen molar-refractivity contribution < 1.29 is 4.39 Å². The summed E-state index contributed by atoms with van der Waals surface area (Å²) in [4.78, 5) is 3.95. The van der Waals surface area contributed by atoms with Crippen molar-refractivity contribution in [1.29, 1.82) is 0 Å². The van der Waals surface area contributed by atoms with Crippen molar-refractivity contribution in [3.63, 3.8) is 0 Å². The Kier molecular flexibility index (Phi) is 2.74. The Hall–Kier alpha value is -1.74. The smallest absolute Gasteiger partial charge is 0.146 e. The maximum absolute atomic E-state index is 13.4. The minimum atomic E-state index is -0.507. The molecule has 15 heavy (non-hydrogen) atoms. The van der Waals surface area contributed by atoms with Crippen molar-refractivity contribution in [3.8, 4) is 0 Å². The van der Waals surface area contributed by atoms with Gasteiger partial charge in [0.05, 0.1) is 11.7 Å². The van der Waals surface area contributed by atoms with Gasteiger partial charge in [-0.3, -0.25) is 4.98 Å². The van der Waals surface area contributed by atoms with Crippen LogP contribution in [-0.4, -0.2) is 4.98 Å². The number of pyridine rings is 1. The van der Waals surface area contributed by atoms with E-state index in [4.69, 9.17) is 5.73 Å². The van der Waals surface area contributed by atoms with Crippen molar-refractivity contribution in [2.45, 2.75) is 6.04 Å². The third-order valence-corrected chi connectivity index (χ3v) is 2.24. The Morgan fingerprint density at radius 1 is 1.07 bits per heavy atom. The zero-order valence-electron chi connectivity index (χ0n) is 8.10. The molecule has 0 bridgehead atoms. The lowest BCUT2D eigenvalue weighted by Crippen LogP contribution is -2.15. The second-order valence-electron chi connectivity index (χ2n) is 3.26. The van der Waals surface area contributed by atoms with Crippen LogP contribution in [0.2, 0.25) is 0 Å². The highest BCUT2D eigenvalue weighted by molar-refractivity contribution is 5.27. The number of aromatic nitrogens is 1. The molecule has 1 heterocycles. The lowest BCUT2D eigenvalue weighted by atomic mass is 10.0. The summed E-state index contributed by atoms with van der Waals surface area (Å²) in [5, 5.41) is 0. The van der Waals surface area contributed by atoms with E-state index in [9.17, 15) is 4.39 Å². The van der Waals surface area contributed by atoms with Gasteiger partial charge in [-0.15, -0.1) is 0 Å². The van der Waals surface area contributed by atoms with Crippen LogP contribution in [0.25, 0.3) is 0 Å². The summed E-state index contributed by atoms with van der Waals surface area (Å²) in [6.07, 6.45) is 1.54. The molecule has 2 rings (SSSR count). The van der Waals surface area contributed by atoms with E-state index in [0.717, 1.165) is 5.56 Å². The Bertz CT molecular complexity index is 442. The van der Waals surface area contributed by atoms with Crippen LogP contribution in [0.1, 0.15) is 17.3 Å². The molecule has 0 aliphatic rings. The summed E-state index contributed by atoms with van der Waals surface area (Å²) in [5.74, 6) is -0.367. The molecule has 0 aliphatic carbocycles. The van der Waals surface area contributed by atoms with Gasteiger partial charge >= 0.3 is 0 Å². The van der Waals surface area contributed by atoms with Gasteiger partial charge in [-0.2, -0.15) is 0 Å². The zero-order valence-corrected chi connectivity index (χ0v) is 8.10. The summed E-state index contributed by atoms with van der Waals surface area (Å²) >= 11 is 0. The standard InChI is InChI=1S/C12H11FN2/c13-10-7-4-8-15-12(10)11(14)9-5-2-1-3-6-9/h1-8,11H,14H2/t11-/m0/s1. The van der Waals surface area contributed by atoms with Gasteiger partial charge in [-0.25, -0.2) is 4.39 Å². The van der Waals surface area contributed by atoms with Crippen molar-refractivity contribution in [3.05, 3.63) is 65.7 Å². The van der Waals surface area contributed by atoms with E-state index < -0.39 is 6.04 Å². The largest absolute Gasteiger partial charge is 0.319 e. The molecular weight excluding hydrogens is 191 g/mol. The molecule has 1 atom stereocenters. The molecule has 0 amide bonds. The van der Waals surface area contributed by atoms with Gasteiger partial charge in [0.2, 0.25) is 0 Å². The molecule has 0 spiro atoms. The predicted octanol–water partition coefficient (Wildman–Crippen LogP) is 2.27. The van der Waals surface area contributed by atoms with Crippen LogP contribution in [0.3, 0.4) is 0 Å². The van der Waals surface area contributed by atoms with E-state index in [1.54, 1.807) is 12.3 Å². The molecule has 0 unspecified atom stereocenters. The first-order valence-corrected chi connectivity index (χ1v) is 4.70. The van der Waals surface area contributed by atoms with E-state index in [0.29, 0.717) is 0 Å². The van der Waals surface area contributed by atoms with E-state index in [2.05, 4.69) is 4.98 Å². The average molecular weight is 202 g/mol. The normalized spacial score (nSPS) is 12.4. The first-order chi connectivity index (χ1) is 7.29. The summed E-state index contributed by atoms with van der Waals surface area (Å²) in [7, 11) is 0. The van der Waals surface area contributed by atoms with Crippen molar-refractivity contribution >= 4 is 0 Å². The Morgan fingerprint density at radius 3 is 2.47 bits per heavy atom. The second-order valence-corrected chi connectivity index (χ2v) is 3.26. The highest BCUT2D eigenvalue weighted by Crippen LogP contribution is 2.19. The number of nitrogens with two attached hydrogens (primary N) is 1. The number of rotatable bonds is 2. The molecule has 0 saturated carbocycles. The van der Waals surface area contributed by atoms with E-state index in [1.807, 2.05) is 30.3 Å². The summed E-state index contributed by atoms with van der Waals surface area (Å²) in [6, 6.07) is 11.8. The van der Waals surface area contributed by atoms with Gasteiger partial charge in [-0.05, 0) is 17.7 Å². The predicted molar refractivity (Wildman–Crippen MR) is 56.7 cm³/mol. The SMILES string of the molecule is N[C@@H](c1ccccc1)c1ncccc1F. The monoisotopic (exact) mass is 202 g/mol. The lowest BCUT2D eigenvalue weighted by Gasteiger charge is -2.11. The number of nitrogens with zero attached hydrogens (tertiary/aromatic N) is 1. The molecule has 0 fully saturated rings. The Labute approximate surface area is 87.6 Å². The minimum Gasteiger partial charge on any atom is -0.319 e. The molecule has 2 aromatic rings. The summed E-state index contributed by atoms with van der Waals surface area (Å²) in [5.41, 5.74) is 7.05. The molecular formula is C12H11FN2. The highest BCUT2D eigenvalue weighted by Gasteiger charge is 2.13. The fraction of sp³-hybridized carbons (Fsp3) is 0.0833. The summed E-state index contributed by atoms with van der Waals surface area (Å²) in [6.45, 7) is 0. The molecule has 1 aromatic carbocycles. The average Bonchev–Trinajstić information content (AvgIpc) is 2.30. The molecule has 3 heteroatoms. The van der Waals surface area contributed by atoms with E-state index >= 15 is 0 Å². The topological polar surface area (TPSA) is 38.9 Å². The van der Waals surface area contributed by atoms with Crippen molar-refractivity contribution in [1.82, 2.24) is 4.98 Å². The first-order valence-electron chi connectivity index (χ1n) is 4.70. The number of hydrogen-bond acceptors (Lipinski definition) is 2. The van der Waals surface area contributed by atoms with Gasteiger partial charge in [0.25, 0.3) is 0 Å². The second kappa shape index (κ2) is 4.19. The quantitative estimate of drug-likeness (QED) is 0.811. The fourth-order valence-electron chi connectivity index (χ4n) is 1.44. The van der Waals surface area contributed by atoms with Crippen molar-refractivity contribution in [2.75, 3.05) is 0 Å². The zero-order chi connectivity index (χ0) is 10.7. The molecule has 0 saturated heterocycles. The van der Waals surface area contributed by atoms with Crippen LogP contribution < -0.4 is 5.73 Å². The Balaban J connectivity index is 2.37. The van der Waals surface area contributed by atoms with Crippen LogP contribution in [0.4, 0.5) is 4.39 Å². The van der Waals surface area contributed by atoms with Crippen molar-refractivity contribution in [2.24, 2.45) is 5.73 Å². The molecule has 1 aromatic heterocycles. The maximum atomic E-state index is 13.4. The van der Waals surface area contributed by atoms with E-state index in [1.165, 1.54) is 6.07 Å². The summed E-state index contributed by atoms with van der Waals surface area (Å²) < 4.78 is 13.4. The highest BCUT2D eigenvalue weighted by atomic mass is 19.1. The molecule has 76 valence electrons. The third-order valence-electron chi connectivity index (χ3n) is 2.24. The number of benzene rings is 1. The minimum absolute atomic E-state index is 0.281. The molecule has 0 radical (unpaired) electrons. The van der Waals surface area contributed by atoms with Crippen LogP contribution >= 0.6 is 0 Å². The van der Waals surface area contributed by atoms with Gasteiger partial charge in [-0.1, -0.05) is 30.3 Å². The van der Waals surface area contributed by atoms with Crippen LogP contribution in [-0.2, 0) is 0 Å².